The lowest BCUT2D eigenvalue weighted by Crippen LogP contribution is -2.01. The number of hydrogen-bond donors (Lipinski definition) is 0. The molecule has 1 aromatic heterocycles. The number of rotatable bonds is 5. The minimum absolute atomic E-state index is 0.556. The van der Waals surface area contributed by atoms with Gasteiger partial charge >= 0.3 is 0 Å². The van der Waals surface area contributed by atoms with Crippen molar-refractivity contribution in [2.45, 2.75) is 0 Å². The van der Waals surface area contributed by atoms with Crippen molar-refractivity contribution in [3.63, 3.8) is 0 Å². The van der Waals surface area contributed by atoms with E-state index in [1.807, 2.05) is 0 Å². The lowest BCUT2D eigenvalue weighted by Gasteiger charge is -2.15. The molecule has 0 radical (unpaired) electrons. The summed E-state index contributed by atoms with van der Waals surface area (Å²) in [4.78, 5) is 12.9. The van der Waals surface area contributed by atoms with Crippen LogP contribution in [-0.2, 0) is 0 Å². The lowest BCUT2D eigenvalue weighted by atomic mass is 9.89. The highest BCUT2D eigenvalue weighted by molar-refractivity contribution is 6.20. The summed E-state index contributed by atoms with van der Waals surface area (Å²) in [6.45, 7) is 0. The molecule has 0 saturated carbocycles. The standard InChI is InChI=1S/C45H29N3/c1-3-13-30(14-4-1)36-19-11-12-22-40(36)45-47-43(33-16-5-2-6-17-33)46-44(48-45)34-25-23-32(24-26-34)42-38-21-10-8-18-35(38)29-41-37-20-9-7-15-31(37)27-28-39(41)42/h1-29H/i1D,2D,3D,4D,5D,6D,7D,8D,9D,10D,11D,12D,13D,14D,15D,16D,17D,18D,19D,20D,21D,22D,23D,24D,25D,26D,27D,28D,29D. The third-order valence-electron chi connectivity index (χ3n) is 7.06. The van der Waals surface area contributed by atoms with Crippen molar-refractivity contribution in [2.24, 2.45) is 0 Å². The molecular weight excluding hydrogens is 583 g/mol. The van der Waals surface area contributed by atoms with Gasteiger partial charge in [-0.1, -0.05) is 169 Å². The molecule has 3 heteroatoms. The lowest BCUT2D eigenvalue weighted by molar-refractivity contribution is 1.07. The molecule has 0 atom stereocenters. The fraction of sp³-hybridized carbons (Fsp3) is 0. The summed E-state index contributed by atoms with van der Waals surface area (Å²) in [5.41, 5.74) is -5.77. The van der Waals surface area contributed by atoms with Gasteiger partial charge in [0.25, 0.3) is 0 Å². The smallest absolute Gasteiger partial charge is 0.164 e. The van der Waals surface area contributed by atoms with E-state index in [0.717, 1.165) is 0 Å². The van der Waals surface area contributed by atoms with Gasteiger partial charge in [0.05, 0.1) is 39.8 Å². The quantitative estimate of drug-likeness (QED) is 0.139. The molecule has 0 aliphatic heterocycles. The molecule has 1 heterocycles. The van der Waals surface area contributed by atoms with Crippen LogP contribution in [-0.4, -0.2) is 15.0 Å². The van der Waals surface area contributed by atoms with E-state index in [4.69, 9.17) is 31.5 Å². The third-order valence-corrected chi connectivity index (χ3v) is 7.06. The number of aromatic nitrogens is 3. The molecule has 0 bridgehead atoms. The third kappa shape index (κ3) is 4.90. The van der Waals surface area contributed by atoms with E-state index >= 15 is 0 Å². The summed E-state index contributed by atoms with van der Waals surface area (Å²) in [6.07, 6.45) is 0. The zero-order valence-corrected chi connectivity index (χ0v) is 23.8. The fourth-order valence-electron chi connectivity index (χ4n) is 4.98. The summed E-state index contributed by atoms with van der Waals surface area (Å²) in [5, 5.41) is -3.69. The van der Waals surface area contributed by atoms with Crippen LogP contribution in [0.4, 0.5) is 0 Å². The predicted octanol–water partition coefficient (Wildman–Crippen LogP) is 11.7. The summed E-state index contributed by atoms with van der Waals surface area (Å²) in [6, 6.07) is -27.6. The van der Waals surface area contributed by atoms with Crippen molar-refractivity contribution < 1.29 is 39.8 Å². The van der Waals surface area contributed by atoms with E-state index < -0.39 is 264 Å². The second-order valence-corrected chi connectivity index (χ2v) is 9.81. The van der Waals surface area contributed by atoms with Gasteiger partial charge < -0.3 is 0 Å². The van der Waals surface area contributed by atoms with Crippen molar-refractivity contribution in [1.82, 2.24) is 15.0 Å². The van der Waals surface area contributed by atoms with Gasteiger partial charge in [0.1, 0.15) is 0 Å². The van der Waals surface area contributed by atoms with Crippen LogP contribution in [0.25, 0.3) is 88.7 Å². The topological polar surface area (TPSA) is 38.7 Å². The van der Waals surface area contributed by atoms with Gasteiger partial charge in [0.15, 0.2) is 17.5 Å². The molecule has 0 spiro atoms. The first-order valence-electron chi connectivity index (χ1n) is 28.3. The minimum atomic E-state index is -1.14. The molecule has 9 rings (SSSR count). The van der Waals surface area contributed by atoms with Crippen molar-refractivity contribution in [3.05, 3.63) is 175 Å². The second kappa shape index (κ2) is 11.7. The maximum atomic E-state index is 9.60. The summed E-state index contributed by atoms with van der Waals surface area (Å²) in [7, 11) is 0. The Bertz CT molecular complexity index is 4190. The number of hydrogen-bond acceptors (Lipinski definition) is 3. The first kappa shape index (κ1) is 11.1. The molecule has 9 aromatic rings. The Hall–Kier alpha value is -6.45. The zero-order valence-electron chi connectivity index (χ0n) is 52.8. The van der Waals surface area contributed by atoms with E-state index in [-0.39, 0.29) is 0 Å². The molecule has 8 aromatic carbocycles. The van der Waals surface area contributed by atoms with Crippen molar-refractivity contribution in [1.29, 1.82) is 0 Å². The number of benzene rings is 8. The summed E-state index contributed by atoms with van der Waals surface area (Å²) < 4.78 is 256. The average molecular weight is 641 g/mol. The Morgan fingerprint density at radius 1 is 0.312 bits per heavy atom. The summed E-state index contributed by atoms with van der Waals surface area (Å²) >= 11 is 0. The largest absolute Gasteiger partial charge is 0.208 e. The second-order valence-electron chi connectivity index (χ2n) is 9.81. The fourth-order valence-corrected chi connectivity index (χ4v) is 4.98. The number of nitrogens with zero attached hydrogens (tertiary/aromatic N) is 3. The van der Waals surface area contributed by atoms with Gasteiger partial charge in [-0.2, -0.15) is 0 Å². The Balaban J connectivity index is 1.49. The van der Waals surface area contributed by atoms with Crippen LogP contribution < -0.4 is 0 Å². The van der Waals surface area contributed by atoms with Crippen LogP contribution in [0.15, 0.2) is 175 Å². The van der Waals surface area contributed by atoms with E-state index in [9.17, 15) is 8.22 Å². The Morgan fingerprint density at radius 2 is 0.833 bits per heavy atom. The summed E-state index contributed by atoms with van der Waals surface area (Å²) in [5.74, 6) is -2.85. The normalized spacial score (nSPS) is 19.8. The molecule has 3 nitrogen and oxygen atoms in total. The molecule has 0 saturated heterocycles. The Labute approximate surface area is 319 Å². The van der Waals surface area contributed by atoms with Crippen molar-refractivity contribution >= 4 is 32.3 Å². The molecule has 224 valence electrons. The van der Waals surface area contributed by atoms with Gasteiger partial charge in [-0.25, -0.2) is 15.0 Å². The molecule has 0 N–H and O–H groups in total. The first-order chi connectivity index (χ1) is 35.9. The van der Waals surface area contributed by atoms with E-state index in [1.165, 1.54) is 0 Å². The van der Waals surface area contributed by atoms with Crippen LogP contribution >= 0.6 is 0 Å². The molecule has 0 unspecified atom stereocenters. The molecule has 0 fully saturated rings. The monoisotopic (exact) mass is 640 g/mol. The highest BCUT2D eigenvalue weighted by Crippen LogP contribution is 2.40. The molecule has 48 heavy (non-hydrogen) atoms. The molecule has 0 aliphatic rings. The Kier molecular flexibility index (Phi) is 2.70. The van der Waals surface area contributed by atoms with Crippen LogP contribution in [0.5, 0.6) is 0 Å². The maximum Gasteiger partial charge on any atom is 0.164 e. The van der Waals surface area contributed by atoms with Gasteiger partial charge in [-0.3, -0.25) is 0 Å². The van der Waals surface area contributed by atoms with E-state index in [1.54, 1.807) is 0 Å². The average Bonchev–Trinajstić information content (AvgIpc) is 3.48. The maximum absolute atomic E-state index is 9.60. The first-order valence-corrected chi connectivity index (χ1v) is 13.8. The molecular formula is C45H29N3. The van der Waals surface area contributed by atoms with Gasteiger partial charge in [0, 0.05) is 16.7 Å². The highest BCUT2D eigenvalue weighted by atomic mass is 15.0. The zero-order chi connectivity index (χ0) is 57.1. The Morgan fingerprint density at radius 3 is 1.56 bits per heavy atom. The van der Waals surface area contributed by atoms with Crippen LogP contribution in [0, 0.1) is 0 Å². The van der Waals surface area contributed by atoms with Crippen molar-refractivity contribution in [2.75, 3.05) is 0 Å². The minimum Gasteiger partial charge on any atom is -0.208 e. The SMILES string of the molecule is [2H]c1c([2H])c([2H])c(-c2nc(-c3c([2H])c([2H])c(-c4c5c([2H])c([2H])c([2H])c([2H])c5c([2H])c5c4c([2H])c([2H])c4c([2H])c([2H])c([2H])c([2H])c45)c([2H])c3[2H])nc(-c3c([2H])c([2H])c([2H])c([2H])c3-c3c([2H])c([2H])c([2H])c([2H])c3[2H])n2)c([2H])c1[2H]. The number of fused-ring (bicyclic) bond motifs is 4. The molecule has 0 aliphatic carbocycles. The van der Waals surface area contributed by atoms with Gasteiger partial charge in [0.2, 0.25) is 0 Å². The predicted molar refractivity (Wildman–Crippen MR) is 200 cm³/mol. The van der Waals surface area contributed by atoms with Crippen LogP contribution in [0.1, 0.15) is 39.8 Å². The van der Waals surface area contributed by atoms with Crippen molar-refractivity contribution in [3.8, 4) is 56.4 Å². The highest BCUT2D eigenvalue weighted by Gasteiger charge is 2.17. The van der Waals surface area contributed by atoms with E-state index in [0.29, 0.717) is 0 Å². The van der Waals surface area contributed by atoms with Crippen LogP contribution in [0.2, 0.25) is 0 Å². The molecule has 0 amide bonds. The van der Waals surface area contributed by atoms with Crippen LogP contribution in [0.3, 0.4) is 0 Å². The van der Waals surface area contributed by atoms with E-state index in [2.05, 4.69) is 15.0 Å². The van der Waals surface area contributed by atoms with Gasteiger partial charge in [-0.15, -0.1) is 0 Å². The van der Waals surface area contributed by atoms with Gasteiger partial charge in [-0.05, 0) is 60.6 Å².